The minimum Gasteiger partial charge on any atom is -0.338 e. The van der Waals surface area contributed by atoms with E-state index in [2.05, 4.69) is 15.3 Å². The van der Waals surface area contributed by atoms with Crippen molar-refractivity contribution in [3.05, 3.63) is 44.2 Å². The van der Waals surface area contributed by atoms with E-state index in [9.17, 15) is 0 Å². The lowest BCUT2D eigenvalue weighted by molar-refractivity contribution is 1.10. The van der Waals surface area contributed by atoms with Crippen LogP contribution in [0.4, 0.5) is 11.5 Å². The molecule has 0 aliphatic rings. The summed E-state index contributed by atoms with van der Waals surface area (Å²) in [6.07, 6.45) is 0. The second-order valence-corrected chi connectivity index (χ2v) is 5.05. The Bertz CT molecular complexity index is 601. The van der Waals surface area contributed by atoms with E-state index in [0.717, 1.165) is 0 Å². The summed E-state index contributed by atoms with van der Waals surface area (Å²) in [5.74, 6) is 0.401. The lowest BCUT2D eigenvalue weighted by Crippen LogP contribution is -1.99. The molecule has 3 nitrogen and oxygen atoms in total. The first-order valence-electron chi connectivity index (χ1n) is 4.89. The number of rotatable bonds is 2. The van der Waals surface area contributed by atoms with Gasteiger partial charge in [-0.1, -0.05) is 34.8 Å². The molecule has 0 bridgehead atoms. The van der Waals surface area contributed by atoms with Gasteiger partial charge in [0.25, 0.3) is 0 Å². The summed E-state index contributed by atoms with van der Waals surface area (Å²) in [5.41, 5.74) is 1.22. The molecule has 1 heterocycles. The molecule has 1 aromatic heterocycles. The van der Waals surface area contributed by atoms with Gasteiger partial charge in [0.15, 0.2) is 5.82 Å². The van der Waals surface area contributed by atoms with Crippen molar-refractivity contribution in [1.82, 2.24) is 9.97 Å². The number of nitrogens with one attached hydrogen (secondary N) is 1. The first kappa shape index (κ1) is 13.7. The molecule has 18 heavy (non-hydrogen) atoms. The average Bonchev–Trinajstić information content (AvgIpc) is 2.29. The second kappa shape index (κ2) is 5.49. The van der Waals surface area contributed by atoms with Gasteiger partial charge in [0, 0.05) is 5.02 Å². The SMILES string of the molecule is Cc1nc(Cl)nc(Nc2ccc(Cl)cc2Cl)c1Cl. The summed E-state index contributed by atoms with van der Waals surface area (Å²) < 4.78 is 0. The lowest BCUT2D eigenvalue weighted by Gasteiger charge is -2.10. The van der Waals surface area contributed by atoms with Crippen molar-refractivity contribution in [3.63, 3.8) is 0 Å². The topological polar surface area (TPSA) is 37.8 Å². The van der Waals surface area contributed by atoms with Crippen LogP contribution in [0.2, 0.25) is 20.4 Å². The maximum atomic E-state index is 6.08. The van der Waals surface area contributed by atoms with Gasteiger partial charge >= 0.3 is 0 Å². The Morgan fingerprint density at radius 2 is 1.78 bits per heavy atom. The minimum atomic E-state index is 0.115. The maximum Gasteiger partial charge on any atom is 0.224 e. The zero-order valence-corrected chi connectivity index (χ0v) is 12.2. The maximum absolute atomic E-state index is 6.08. The summed E-state index contributed by atoms with van der Waals surface area (Å²) in [6, 6.07) is 5.06. The molecule has 0 atom stereocenters. The van der Waals surface area contributed by atoms with E-state index in [4.69, 9.17) is 46.4 Å². The van der Waals surface area contributed by atoms with Gasteiger partial charge in [-0.2, -0.15) is 4.98 Å². The van der Waals surface area contributed by atoms with Gasteiger partial charge in [-0.05, 0) is 36.7 Å². The number of halogens is 4. The van der Waals surface area contributed by atoms with Crippen LogP contribution in [0.1, 0.15) is 5.69 Å². The second-order valence-electron chi connectivity index (χ2n) is 3.49. The molecule has 1 aromatic carbocycles. The summed E-state index contributed by atoms with van der Waals surface area (Å²) in [6.45, 7) is 1.74. The summed E-state index contributed by atoms with van der Waals surface area (Å²) in [4.78, 5) is 7.95. The van der Waals surface area contributed by atoms with E-state index in [1.807, 2.05) is 0 Å². The van der Waals surface area contributed by atoms with Gasteiger partial charge < -0.3 is 5.32 Å². The van der Waals surface area contributed by atoms with Gasteiger partial charge in [0.05, 0.1) is 16.4 Å². The molecule has 94 valence electrons. The Hall–Kier alpha value is -0.740. The van der Waals surface area contributed by atoms with Crippen LogP contribution in [-0.2, 0) is 0 Å². The molecule has 0 spiro atoms. The zero-order valence-electron chi connectivity index (χ0n) is 9.14. The normalized spacial score (nSPS) is 10.5. The largest absolute Gasteiger partial charge is 0.338 e. The van der Waals surface area contributed by atoms with Crippen molar-refractivity contribution < 1.29 is 0 Å². The van der Waals surface area contributed by atoms with Crippen LogP contribution < -0.4 is 5.32 Å². The Labute approximate surface area is 124 Å². The third kappa shape index (κ3) is 2.98. The van der Waals surface area contributed by atoms with Crippen LogP contribution in [0.15, 0.2) is 18.2 Å². The Kier molecular flexibility index (Phi) is 4.17. The third-order valence-electron chi connectivity index (χ3n) is 2.17. The molecule has 2 rings (SSSR count). The fourth-order valence-electron chi connectivity index (χ4n) is 1.33. The van der Waals surface area contributed by atoms with Crippen molar-refractivity contribution >= 4 is 57.9 Å². The van der Waals surface area contributed by atoms with Crippen LogP contribution >= 0.6 is 46.4 Å². The summed E-state index contributed by atoms with van der Waals surface area (Å²) in [7, 11) is 0. The van der Waals surface area contributed by atoms with Gasteiger partial charge in [-0.3, -0.25) is 0 Å². The average molecular weight is 323 g/mol. The number of nitrogens with zero attached hydrogens (tertiary/aromatic N) is 2. The highest BCUT2D eigenvalue weighted by Gasteiger charge is 2.10. The highest BCUT2D eigenvalue weighted by molar-refractivity contribution is 6.37. The predicted molar refractivity (Wildman–Crippen MR) is 76.5 cm³/mol. The van der Waals surface area contributed by atoms with E-state index in [-0.39, 0.29) is 5.28 Å². The van der Waals surface area contributed by atoms with Crippen molar-refractivity contribution in [1.29, 1.82) is 0 Å². The Balaban J connectivity index is 2.40. The number of hydrogen-bond acceptors (Lipinski definition) is 3. The molecule has 0 amide bonds. The molecule has 0 radical (unpaired) electrons. The Morgan fingerprint density at radius 1 is 1.06 bits per heavy atom. The van der Waals surface area contributed by atoms with Gasteiger partial charge in [0.2, 0.25) is 5.28 Å². The highest BCUT2D eigenvalue weighted by Crippen LogP contribution is 2.31. The van der Waals surface area contributed by atoms with E-state index >= 15 is 0 Å². The third-order valence-corrected chi connectivity index (χ3v) is 3.34. The zero-order chi connectivity index (χ0) is 13.3. The predicted octanol–water partition coefficient (Wildman–Crippen LogP) is 5.14. The molecular formula is C11H7Cl4N3. The fourth-order valence-corrected chi connectivity index (χ4v) is 2.13. The fraction of sp³-hybridized carbons (Fsp3) is 0.0909. The van der Waals surface area contributed by atoms with Crippen LogP contribution in [-0.4, -0.2) is 9.97 Å². The molecule has 7 heteroatoms. The molecule has 1 N–H and O–H groups in total. The van der Waals surface area contributed by atoms with Crippen molar-refractivity contribution in [2.45, 2.75) is 6.92 Å². The summed E-state index contributed by atoms with van der Waals surface area (Å²) in [5, 5.41) is 4.51. The van der Waals surface area contributed by atoms with Crippen molar-refractivity contribution in [2.24, 2.45) is 0 Å². The lowest BCUT2D eigenvalue weighted by atomic mass is 10.3. The van der Waals surface area contributed by atoms with Crippen LogP contribution in [0.3, 0.4) is 0 Å². The van der Waals surface area contributed by atoms with E-state index in [1.165, 1.54) is 0 Å². The molecule has 2 aromatic rings. The van der Waals surface area contributed by atoms with Gasteiger partial charge in [-0.15, -0.1) is 0 Å². The molecule has 0 fully saturated rings. The smallest absolute Gasteiger partial charge is 0.224 e. The quantitative estimate of drug-likeness (QED) is 0.778. The molecule has 0 unspecified atom stereocenters. The van der Waals surface area contributed by atoms with Crippen molar-refractivity contribution in [2.75, 3.05) is 5.32 Å². The Morgan fingerprint density at radius 3 is 2.44 bits per heavy atom. The standard InChI is InChI=1S/C11H7Cl4N3/c1-5-9(14)10(18-11(15)16-5)17-8-3-2-6(12)4-7(8)13/h2-4H,1H3,(H,16,17,18). The molecule has 0 aliphatic heterocycles. The molecule has 0 saturated heterocycles. The number of hydrogen-bond donors (Lipinski definition) is 1. The summed E-state index contributed by atoms with van der Waals surface area (Å²) >= 11 is 23.7. The van der Waals surface area contributed by atoms with Gasteiger partial charge in [-0.25, -0.2) is 4.98 Å². The molecular weight excluding hydrogens is 316 g/mol. The van der Waals surface area contributed by atoms with Crippen LogP contribution in [0, 0.1) is 6.92 Å². The number of aryl methyl sites for hydroxylation is 1. The van der Waals surface area contributed by atoms with Gasteiger partial charge in [0.1, 0.15) is 5.02 Å². The van der Waals surface area contributed by atoms with E-state index in [0.29, 0.717) is 32.3 Å². The van der Waals surface area contributed by atoms with Crippen LogP contribution in [0.5, 0.6) is 0 Å². The number of aromatic nitrogens is 2. The molecule has 0 saturated carbocycles. The monoisotopic (exact) mass is 321 g/mol. The van der Waals surface area contributed by atoms with Crippen molar-refractivity contribution in [3.8, 4) is 0 Å². The highest BCUT2D eigenvalue weighted by atomic mass is 35.5. The first-order valence-corrected chi connectivity index (χ1v) is 6.40. The molecule has 0 aliphatic carbocycles. The first-order chi connectivity index (χ1) is 8.47. The minimum absolute atomic E-state index is 0.115. The number of benzene rings is 1. The number of anilines is 2. The van der Waals surface area contributed by atoms with Crippen LogP contribution in [0.25, 0.3) is 0 Å². The van der Waals surface area contributed by atoms with E-state index < -0.39 is 0 Å². The van der Waals surface area contributed by atoms with E-state index in [1.54, 1.807) is 25.1 Å².